The van der Waals surface area contributed by atoms with Crippen molar-refractivity contribution in [2.45, 2.75) is 27.7 Å². The van der Waals surface area contributed by atoms with E-state index < -0.39 is 11.9 Å². The number of carbonyl (C=O) groups excluding carboxylic acids is 1. The number of carboxylic acid groups (broad SMARTS) is 1. The molecular weight excluding hydrogens is 244 g/mol. The van der Waals surface area contributed by atoms with Gasteiger partial charge in [0.15, 0.2) is 0 Å². The van der Waals surface area contributed by atoms with Gasteiger partial charge in [-0.15, -0.1) is 0 Å². The molecule has 1 N–H and O–H groups in total. The van der Waals surface area contributed by atoms with Crippen molar-refractivity contribution < 1.29 is 19.4 Å². The van der Waals surface area contributed by atoms with Gasteiger partial charge in [-0.2, -0.15) is 0 Å². The van der Waals surface area contributed by atoms with Gasteiger partial charge in [-0.25, -0.2) is 9.59 Å². The first kappa shape index (κ1) is 15.2. The number of benzene rings is 1. The Morgan fingerprint density at radius 1 is 1.16 bits per heavy atom. The van der Waals surface area contributed by atoms with Gasteiger partial charge in [-0.05, 0) is 30.2 Å². The monoisotopic (exact) mass is 264 g/mol. The van der Waals surface area contributed by atoms with Gasteiger partial charge in [0, 0.05) is 5.41 Å². The third kappa shape index (κ3) is 4.09. The van der Waals surface area contributed by atoms with Crippen LogP contribution >= 0.6 is 0 Å². The molecule has 1 rings (SSSR count). The second-order valence-corrected chi connectivity index (χ2v) is 5.60. The van der Waals surface area contributed by atoms with Crippen molar-refractivity contribution in [2.24, 2.45) is 11.3 Å². The highest BCUT2D eigenvalue weighted by molar-refractivity contribution is 5.92. The Bertz CT molecular complexity index is 458. The molecule has 1 aromatic carbocycles. The van der Waals surface area contributed by atoms with Gasteiger partial charge < -0.3 is 9.84 Å². The average Bonchev–Trinajstić information content (AvgIpc) is 2.36. The van der Waals surface area contributed by atoms with Crippen LogP contribution in [0.2, 0.25) is 0 Å². The Kier molecular flexibility index (Phi) is 4.70. The van der Waals surface area contributed by atoms with Crippen LogP contribution in [-0.2, 0) is 4.74 Å². The van der Waals surface area contributed by atoms with Gasteiger partial charge in [0.2, 0.25) is 0 Å². The summed E-state index contributed by atoms with van der Waals surface area (Å²) >= 11 is 0. The highest BCUT2D eigenvalue weighted by Crippen LogP contribution is 2.26. The number of esters is 1. The van der Waals surface area contributed by atoms with Gasteiger partial charge in [0.05, 0.1) is 17.7 Å². The van der Waals surface area contributed by atoms with Crippen LogP contribution in [0.3, 0.4) is 0 Å². The smallest absolute Gasteiger partial charge is 0.338 e. The number of aromatic carboxylic acids is 1. The summed E-state index contributed by atoms with van der Waals surface area (Å²) in [5.74, 6) is -1.04. The Morgan fingerprint density at radius 3 is 2.05 bits per heavy atom. The molecule has 0 atom stereocenters. The number of hydrogen-bond acceptors (Lipinski definition) is 3. The molecule has 19 heavy (non-hydrogen) atoms. The minimum atomic E-state index is -1.01. The van der Waals surface area contributed by atoms with Crippen molar-refractivity contribution in [3.63, 3.8) is 0 Å². The van der Waals surface area contributed by atoms with E-state index in [0.717, 1.165) is 0 Å². The molecule has 0 saturated heterocycles. The molecule has 0 aromatic heterocycles. The summed E-state index contributed by atoms with van der Waals surface area (Å²) in [6.07, 6.45) is 0. The Balaban J connectivity index is 2.66. The van der Waals surface area contributed by atoms with Crippen molar-refractivity contribution in [2.75, 3.05) is 6.61 Å². The number of hydrogen-bond donors (Lipinski definition) is 1. The molecule has 0 heterocycles. The van der Waals surface area contributed by atoms with Gasteiger partial charge in [0.1, 0.15) is 0 Å². The largest absolute Gasteiger partial charge is 0.478 e. The molecule has 1 aromatic rings. The van der Waals surface area contributed by atoms with Gasteiger partial charge in [0.25, 0.3) is 0 Å². The van der Waals surface area contributed by atoms with E-state index >= 15 is 0 Å². The predicted molar refractivity (Wildman–Crippen MR) is 72.3 cm³/mol. The van der Waals surface area contributed by atoms with E-state index in [-0.39, 0.29) is 11.0 Å². The van der Waals surface area contributed by atoms with Crippen LogP contribution < -0.4 is 0 Å². The Morgan fingerprint density at radius 2 is 1.63 bits per heavy atom. The van der Waals surface area contributed by atoms with Crippen LogP contribution in [0, 0.1) is 11.3 Å². The van der Waals surface area contributed by atoms with E-state index in [1.54, 1.807) is 0 Å². The van der Waals surface area contributed by atoms with Gasteiger partial charge in [-0.3, -0.25) is 0 Å². The molecule has 0 aliphatic carbocycles. The minimum absolute atomic E-state index is 0.0866. The molecule has 0 fully saturated rings. The van der Waals surface area contributed by atoms with E-state index in [1.807, 2.05) is 13.8 Å². The Hall–Kier alpha value is -1.84. The Labute approximate surface area is 113 Å². The summed E-state index contributed by atoms with van der Waals surface area (Å²) in [4.78, 5) is 22.5. The summed E-state index contributed by atoms with van der Waals surface area (Å²) in [7, 11) is 0. The third-order valence-electron chi connectivity index (χ3n) is 3.51. The summed E-state index contributed by atoms with van der Waals surface area (Å²) in [6.45, 7) is 8.58. The van der Waals surface area contributed by atoms with E-state index in [0.29, 0.717) is 18.1 Å². The predicted octanol–water partition coefficient (Wildman–Crippen LogP) is 3.22. The van der Waals surface area contributed by atoms with Gasteiger partial charge >= 0.3 is 11.9 Å². The molecule has 4 heteroatoms. The average molecular weight is 264 g/mol. The lowest BCUT2D eigenvalue weighted by Crippen LogP contribution is -2.27. The van der Waals surface area contributed by atoms with Crippen LogP contribution in [0.15, 0.2) is 24.3 Å². The molecule has 104 valence electrons. The standard InChI is InChI=1S/C15H20O4/c1-10(2)15(3,4)9-19-14(18)12-7-5-11(6-8-12)13(16)17/h5-8,10H,9H2,1-4H3,(H,16,17). The van der Waals surface area contributed by atoms with Crippen LogP contribution in [-0.4, -0.2) is 23.7 Å². The quantitative estimate of drug-likeness (QED) is 0.829. The van der Waals surface area contributed by atoms with Crippen molar-refractivity contribution in [1.82, 2.24) is 0 Å². The molecule has 0 radical (unpaired) electrons. The van der Waals surface area contributed by atoms with E-state index in [9.17, 15) is 9.59 Å². The highest BCUT2D eigenvalue weighted by Gasteiger charge is 2.24. The first-order valence-electron chi connectivity index (χ1n) is 6.24. The maximum atomic E-state index is 11.8. The maximum Gasteiger partial charge on any atom is 0.338 e. The second-order valence-electron chi connectivity index (χ2n) is 5.60. The fourth-order valence-corrected chi connectivity index (χ4v) is 1.25. The van der Waals surface area contributed by atoms with Crippen LogP contribution in [0.4, 0.5) is 0 Å². The zero-order valence-electron chi connectivity index (χ0n) is 11.8. The van der Waals surface area contributed by atoms with E-state index in [4.69, 9.17) is 9.84 Å². The highest BCUT2D eigenvalue weighted by atomic mass is 16.5. The molecule has 0 spiro atoms. The number of ether oxygens (including phenoxy) is 1. The molecule has 0 saturated carbocycles. The van der Waals surface area contributed by atoms with E-state index in [1.165, 1.54) is 24.3 Å². The van der Waals surface area contributed by atoms with Crippen molar-refractivity contribution in [1.29, 1.82) is 0 Å². The summed E-state index contributed by atoms with van der Waals surface area (Å²) < 4.78 is 5.27. The molecule has 0 amide bonds. The molecule has 4 nitrogen and oxygen atoms in total. The normalized spacial score (nSPS) is 11.4. The lowest BCUT2D eigenvalue weighted by molar-refractivity contribution is 0.0255. The maximum absolute atomic E-state index is 11.8. The zero-order valence-corrected chi connectivity index (χ0v) is 11.8. The van der Waals surface area contributed by atoms with Crippen LogP contribution in [0.5, 0.6) is 0 Å². The topological polar surface area (TPSA) is 63.6 Å². The second kappa shape index (κ2) is 5.87. The molecule has 0 aliphatic heterocycles. The molecule has 0 unspecified atom stereocenters. The SMILES string of the molecule is CC(C)C(C)(C)COC(=O)c1ccc(C(=O)O)cc1. The molecule has 0 bridgehead atoms. The fraction of sp³-hybridized carbons (Fsp3) is 0.467. The summed E-state index contributed by atoms with van der Waals surface area (Å²) in [5, 5.41) is 8.77. The van der Waals surface area contributed by atoms with Crippen LogP contribution in [0.1, 0.15) is 48.4 Å². The number of carboxylic acids is 1. The van der Waals surface area contributed by atoms with Crippen molar-refractivity contribution >= 4 is 11.9 Å². The minimum Gasteiger partial charge on any atom is -0.478 e. The first-order valence-corrected chi connectivity index (χ1v) is 6.24. The van der Waals surface area contributed by atoms with Gasteiger partial charge in [-0.1, -0.05) is 27.7 Å². The number of rotatable bonds is 5. The lowest BCUT2D eigenvalue weighted by Gasteiger charge is -2.28. The first-order chi connectivity index (χ1) is 8.74. The fourth-order valence-electron chi connectivity index (χ4n) is 1.25. The number of carbonyl (C=O) groups is 2. The van der Waals surface area contributed by atoms with Crippen LogP contribution in [0.25, 0.3) is 0 Å². The third-order valence-corrected chi connectivity index (χ3v) is 3.51. The lowest BCUT2D eigenvalue weighted by atomic mass is 9.82. The van der Waals surface area contributed by atoms with Crippen molar-refractivity contribution in [3.8, 4) is 0 Å². The molecule has 0 aliphatic rings. The molecular formula is C15H20O4. The summed E-state index contributed by atoms with van der Waals surface area (Å²) in [5.41, 5.74) is 0.431. The zero-order chi connectivity index (χ0) is 14.6. The summed E-state index contributed by atoms with van der Waals surface area (Å²) in [6, 6.07) is 5.72. The van der Waals surface area contributed by atoms with Crippen molar-refractivity contribution in [3.05, 3.63) is 35.4 Å². The van der Waals surface area contributed by atoms with E-state index in [2.05, 4.69) is 13.8 Å².